The van der Waals surface area contributed by atoms with E-state index in [-0.39, 0.29) is 5.66 Å². The summed E-state index contributed by atoms with van der Waals surface area (Å²) in [6.45, 7) is 4.47. The van der Waals surface area contributed by atoms with Crippen LogP contribution in [0.4, 0.5) is 5.69 Å². The first kappa shape index (κ1) is 15.8. The summed E-state index contributed by atoms with van der Waals surface area (Å²) in [5.74, 6) is 1.35. The SMILES string of the molecule is CC(C)Cc1ccccc1N1C(N)=NC(N)=NC12CCCCC2. The van der Waals surface area contributed by atoms with E-state index >= 15 is 0 Å². The highest BCUT2D eigenvalue weighted by molar-refractivity contribution is 6.06. The Balaban J connectivity index is 2.07. The van der Waals surface area contributed by atoms with Crippen LogP contribution in [-0.2, 0) is 6.42 Å². The lowest BCUT2D eigenvalue weighted by Gasteiger charge is -2.46. The van der Waals surface area contributed by atoms with Crippen molar-refractivity contribution in [2.24, 2.45) is 27.4 Å². The molecule has 0 unspecified atom stereocenters. The molecular formula is C18H27N5. The van der Waals surface area contributed by atoms with Gasteiger partial charge in [-0.1, -0.05) is 38.5 Å². The quantitative estimate of drug-likeness (QED) is 0.900. The Bertz CT molecular complexity index is 626. The third-order valence-corrected chi connectivity index (χ3v) is 4.71. The summed E-state index contributed by atoms with van der Waals surface area (Å²) < 4.78 is 0. The first-order valence-electron chi connectivity index (χ1n) is 8.59. The van der Waals surface area contributed by atoms with Crippen molar-refractivity contribution in [2.75, 3.05) is 4.90 Å². The second-order valence-electron chi connectivity index (χ2n) is 7.05. The molecular weight excluding hydrogens is 286 g/mol. The smallest absolute Gasteiger partial charge is 0.220 e. The van der Waals surface area contributed by atoms with E-state index in [1.807, 2.05) is 0 Å². The van der Waals surface area contributed by atoms with E-state index in [0.717, 1.165) is 37.8 Å². The fourth-order valence-corrected chi connectivity index (χ4v) is 3.81. The third-order valence-electron chi connectivity index (χ3n) is 4.71. The number of aliphatic imine (C=N–C) groups is 2. The van der Waals surface area contributed by atoms with Crippen molar-refractivity contribution in [1.82, 2.24) is 0 Å². The molecule has 2 aliphatic rings. The normalized spacial score (nSPS) is 20.6. The summed E-state index contributed by atoms with van der Waals surface area (Å²) >= 11 is 0. The second-order valence-corrected chi connectivity index (χ2v) is 7.05. The van der Waals surface area contributed by atoms with Gasteiger partial charge in [0.25, 0.3) is 0 Å². The highest BCUT2D eigenvalue weighted by atomic mass is 15.4. The number of guanidine groups is 2. The molecule has 0 saturated heterocycles. The number of anilines is 1. The number of nitrogens with zero attached hydrogens (tertiary/aromatic N) is 3. The third kappa shape index (κ3) is 3.05. The van der Waals surface area contributed by atoms with Gasteiger partial charge in [-0.05, 0) is 49.7 Å². The average molecular weight is 313 g/mol. The van der Waals surface area contributed by atoms with E-state index in [1.54, 1.807) is 0 Å². The number of benzene rings is 1. The Kier molecular flexibility index (Phi) is 4.28. The molecule has 0 aromatic heterocycles. The van der Waals surface area contributed by atoms with E-state index in [4.69, 9.17) is 16.5 Å². The molecule has 1 aliphatic carbocycles. The maximum Gasteiger partial charge on any atom is 0.220 e. The van der Waals surface area contributed by atoms with Crippen molar-refractivity contribution in [3.8, 4) is 0 Å². The minimum Gasteiger partial charge on any atom is -0.369 e. The van der Waals surface area contributed by atoms with Crippen LogP contribution >= 0.6 is 0 Å². The first-order valence-corrected chi connectivity index (χ1v) is 8.59. The minimum absolute atomic E-state index is 0.307. The van der Waals surface area contributed by atoms with Gasteiger partial charge in [0, 0.05) is 5.69 Å². The Morgan fingerprint density at radius 2 is 1.83 bits per heavy atom. The van der Waals surface area contributed by atoms with Crippen LogP contribution in [0.5, 0.6) is 0 Å². The molecule has 0 atom stereocenters. The molecule has 0 radical (unpaired) electrons. The lowest BCUT2D eigenvalue weighted by molar-refractivity contribution is 0.305. The van der Waals surface area contributed by atoms with Gasteiger partial charge >= 0.3 is 0 Å². The van der Waals surface area contributed by atoms with Crippen molar-refractivity contribution in [3.05, 3.63) is 29.8 Å². The topological polar surface area (TPSA) is 80.0 Å². The summed E-state index contributed by atoms with van der Waals surface area (Å²) in [6.07, 6.45) is 6.49. The highest BCUT2D eigenvalue weighted by Crippen LogP contribution is 2.40. The maximum absolute atomic E-state index is 6.32. The second kappa shape index (κ2) is 6.22. The largest absolute Gasteiger partial charge is 0.369 e. The van der Waals surface area contributed by atoms with E-state index in [1.165, 1.54) is 12.0 Å². The van der Waals surface area contributed by atoms with Crippen LogP contribution in [0, 0.1) is 5.92 Å². The average Bonchev–Trinajstić information content (AvgIpc) is 2.48. The number of para-hydroxylation sites is 1. The van der Waals surface area contributed by atoms with Gasteiger partial charge in [0.05, 0.1) is 0 Å². The zero-order chi connectivity index (χ0) is 16.4. The van der Waals surface area contributed by atoms with Gasteiger partial charge in [-0.25, -0.2) is 4.99 Å². The van der Waals surface area contributed by atoms with Crippen LogP contribution in [0.15, 0.2) is 34.3 Å². The zero-order valence-electron chi connectivity index (χ0n) is 14.1. The molecule has 1 aliphatic heterocycles. The molecule has 124 valence electrons. The number of nitrogens with two attached hydrogens (primary N) is 2. The number of hydrogen-bond acceptors (Lipinski definition) is 5. The molecule has 1 aromatic carbocycles. The van der Waals surface area contributed by atoms with Gasteiger partial charge < -0.3 is 11.5 Å². The standard InChI is InChI=1S/C18H27N5/c1-13(2)12-14-8-4-5-9-15(14)23-17(20)21-16(19)22-18(23)10-6-3-7-11-18/h4-5,8-9,13H,3,6-7,10-12H2,1-2H3,(H4,19,20,21,22). The summed E-state index contributed by atoms with van der Waals surface area (Å²) in [5, 5.41) is 0. The molecule has 1 heterocycles. The Labute approximate surface area is 138 Å². The first-order chi connectivity index (χ1) is 11.0. The fraction of sp³-hybridized carbons (Fsp3) is 0.556. The highest BCUT2D eigenvalue weighted by Gasteiger charge is 2.43. The molecule has 1 aromatic rings. The van der Waals surface area contributed by atoms with Gasteiger partial charge in [0.2, 0.25) is 11.9 Å². The summed E-state index contributed by atoms with van der Waals surface area (Å²) in [6, 6.07) is 8.46. The van der Waals surface area contributed by atoms with Crippen LogP contribution in [-0.4, -0.2) is 17.6 Å². The predicted octanol–water partition coefficient (Wildman–Crippen LogP) is 2.99. The molecule has 23 heavy (non-hydrogen) atoms. The molecule has 1 spiro atoms. The molecule has 0 bridgehead atoms. The van der Waals surface area contributed by atoms with Gasteiger partial charge in [-0.3, -0.25) is 4.90 Å². The summed E-state index contributed by atoms with van der Waals surface area (Å²) in [4.78, 5) is 11.2. The number of hydrogen-bond donors (Lipinski definition) is 2. The Morgan fingerprint density at radius 3 is 2.52 bits per heavy atom. The van der Waals surface area contributed by atoms with Crippen molar-refractivity contribution >= 4 is 17.6 Å². The Morgan fingerprint density at radius 1 is 1.13 bits per heavy atom. The minimum atomic E-state index is -0.360. The van der Waals surface area contributed by atoms with Crippen molar-refractivity contribution in [3.63, 3.8) is 0 Å². The monoisotopic (exact) mass is 313 g/mol. The fourth-order valence-electron chi connectivity index (χ4n) is 3.81. The van der Waals surface area contributed by atoms with E-state index in [9.17, 15) is 0 Å². The van der Waals surface area contributed by atoms with Crippen molar-refractivity contribution in [1.29, 1.82) is 0 Å². The summed E-state index contributed by atoms with van der Waals surface area (Å²) in [7, 11) is 0. The van der Waals surface area contributed by atoms with Crippen LogP contribution in [0.3, 0.4) is 0 Å². The molecule has 1 saturated carbocycles. The number of rotatable bonds is 3. The molecule has 4 N–H and O–H groups in total. The van der Waals surface area contributed by atoms with Crippen molar-refractivity contribution < 1.29 is 0 Å². The lowest BCUT2D eigenvalue weighted by atomic mass is 9.86. The Hall–Kier alpha value is -2.04. The van der Waals surface area contributed by atoms with Crippen LogP contribution in [0.25, 0.3) is 0 Å². The van der Waals surface area contributed by atoms with Gasteiger partial charge in [-0.2, -0.15) is 4.99 Å². The van der Waals surface area contributed by atoms with Crippen LogP contribution in [0.1, 0.15) is 51.5 Å². The van der Waals surface area contributed by atoms with Crippen LogP contribution < -0.4 is 16.4 Å². The predicted molar refractivity (Wildman–Crippen MR) is 96.5 cm³/mol. The molecule has 3 rings (SSSR count). The van der Waals surface area contributed by atoms with Crippen molar-refractivity contribution in [2.45, 2.75) is 58.0 Å². The van der Waals surface area contributed by atoms with Crippen LogP contribution in [0.2, 0.25) is 0 Å². The van der Waals surface area contributed by atoms with Gasteiger partial charge in [0.1, 0.15) is 5.66 Å². The maximum atomic E-state index is 6.32. The van der Waals surface area contributed by atoms with Gasteiger partial charge in [-0.15, -0.1) is 0 Å². The zero-order valence-corrected chi connectivity index (χ0v) is 14.1. The summed E-state index contributed by atoms with van der Waals surface area (Å²) in [5.41, 5.74) is 14.3. The van der Waals surface area contributed by atoms with Gasteiger partial charge in [0.15, 0.2) is 0 Å². The molecule has 0 amide bonds. The lowest BCUT2D eigenvalue weighted by Crippen LogP contribution is -2.58. The molecule has 5 nitrogen and oxygen atoms in total. The molecule has 1 fully saturated rings. The van der Waals surface area contributed by atoms with E-state index in [2.05, 4.69) is 48.0 Å². The molecule has 5 heteroatoms. The van der Waals surface area contributed by atoms with E-state index < -0.39 is 0 Å². The van der Waals surface area contributed by atoms with E-state index in [0.29, 0.717) is 17.8 Å².